The maximum Gasteiger partial charge on any atom is 0.412 e. The Morgan fingerprint density at radius 1 is 1.13 bits per heavy atom. The summed E-state index contributed by atoms with van der Waals surface area (Å²) in [6.07, 6.45) is -0.968. The van der Waals surface area contributed by atoms with Gasteiger partial charge >= 0.3 is 12.1 Å². The fourth-order valence-electron chi connectivity index (χ4n) is 2.41. The number of benzene rings is 2. The van der Waals surface area contributed by atoms with Crippen LogP contribution < -0.4 is 14.8 Å². The number of carbonyl (C=O) groups excluding carboxylic acids is 2. The largest absolute Gasteiger partial charge is 0.465 e. The predicted molar refractivity (Wildman–Crippen MR) is 112 cm³/mol. The Labute approximate surface area is 175 Å². The molecule has 1 N–H and O–H groups in total. The van der Waals surface area contributed by atoms with Crippen molar-refractivity contribution in [3.63, 3.8) is 0 Å². The standard InChI is InChI=1S/C22H27NO7/c1-15(2)21(24)28-13-12-27-11-10-23-22(25)30-18-8-9-19-17(14-18)6-5-7-20(19)29-16(3)26-4/h5-9,14,16H,1,10-13H2,2-4H3,(H,23,25). The molecule has 1 unspecified atom stereocenters. The second kappa shape index (κ2) is 11.8. The van der Waals surface area contributed by atoms with Crippen molar-refractivity contribution < 1.29 is 33.3 Å². The molecule has 8 nitrogen and oxygen atoms in total. The van der Waals surface area contributed by atoms with Crippen molar-refractivity contribution in [3.05, 3.63) is 48.6 Å². The molecule has 0 aliphatic heterocycles. The van der Waals surface area contributed by atoms with Gasteiger partial charge in [0.25, 0.3) is 0 Å². The summed E-state index contributed by atoms with van der Waals surface area (Å²) >= 11 is 0. The third kappa shape index (κ3) is 7.38. The summed E-state index contributed by atoms with van der Waals surface area (Å²) in [5, 5.41) is 4.35. The van der Waals surface area contributed by atoms with Gasteiger partial charge in [0.1, 0.15) is 18.1 Å². The Bertz CT molecular complexity index is 881. The van der Waals surface area contributed by atoms with Gasteiger partial charge in [-0.1, -0.05) is 18.7 Å². The van der Waals surface area contributed by atoms with Gasteiger partial charge in [-0.25, -0.2) is 9.59 Å². The summed E-state index contributed by atoms with van der Waals surface area (Å²) in [6.45, 7) is 7.74. The number of methoxy groups -OCH3 is 1. The molecule has 0 aliphatic carbocycles. The van der Waals surface area contributed by atoms with E-state index < -0.39 is 12.1 Å². The molecule has 0 spiro atoms. The fourth-order valence-corrected chi connectivity index (χ4v) is 2.41. The zero-order valence-electron chi connectivity index (χ0n) is 17.4. The second-order valence-electron chi connectivity index (χ2n) is 6.41. The lowest BCUT2D eigenvalue weighted by atomic mass is 10.1. The van der Waals surface area contributed by atoms with Crippen LogP contribution in [0.4, 0.5) is 4.79 Å². The molecule has 0 fully saturated rings. The highest BCUT2D eigenvalue weighted by Gasteiger charge is 2.09. The van der Waals surface area contributed by atoms with Gasteiger partial charge in [0, 0.05) is 24.6 Å². The van der Waals surface area contributed by atoms with Gasteiger partial charge in [-0.2, -0.15) is 0 Å². The molecule has 30 heavy (non-hydrogen) atoms. The van der Waals surface area contributed by atoms with Crippen molar-refractivity contribution >= 4 is 22.8 Å². The van der Waals surface area contributed by atoms with Crippen LogP contribution >= 0.6 is 0 Å². The first-order valence-electron chi connectivity index (χ1n) is 9.49. The molecule has 0 saturated carbocycles. The second-order valence-corrected chi connectivity index (χ2v) is 6.41. The number of rotatable bonds is 11. The van der Waals surface area contributed by atoms with Gasteiger partial charge in [-0.3, -0.25) is 0 Å². The van der Waals surface area contributed by atoms with Crippen molar-refractivity contribution in [2.75, 3.05) is 33.5 Å². The van der Waals surface area contributed by atoms with E-state index >= 15 is 0 Å². The van der Waals surface area contributed by atoms with Crippen molar-refractivity contribution in [1.82, 2.24) is 5.32 Å². The summed E-state index contributed by atoms with van der Waals surface area (Å²) < 4.78 is 26.3. The predicted octanol–water partition coefficient (Wildman–Crippen LogP) is 3.44. The van der Waals surface area contributed by atoms with E-state index in [9.17, 15) is 9.59 Å². The first-order chi connectivity index (χ1) is 14.4. The molecule has 2 aromatic rings. The average molecular weight is 417 g/mol. The van der Waals surface area contributed by atoms with Gasteiger partial charge in [0.05, 0.1) is 13.2 Å². The van der Waals surface area contributed by atoms with Crippen molar-refractivity contribution in [3.8, 4) is 11.5 Å². The molecular weight excluding hydrogens is 390 g/mol. The van der Waals surface area contributed by atoms with Crippen LogP contribution in [0, 0.1) is 0 Å². The molecule has 2 aromatic carbocycles. The quantitative estimate of drug-likeness (QED) is 0.259. The van der Waals surface area contributed by atoms with Crippen LogP contribution in [0.3, 0.4) is 0 Å². The Balaban J connectivity index is 1.76. The smallest absolute Gasteiger partial charge is 0.412 e. The molecule has 162 valence electrons. The molecule has 0 saturated heterocycles. The molecule has 0 aromatic heterocycles. The van der Waals surface area contributed by atoms with Crippen LogP contribution in [0.15, 0.2) is 48.6 Å². The van der Waals surface area contributed by atoms with E-state index in [0.29, 0.717) is 17.1 Å². The van der Waals surface area contributed by atoms with Crippen LogP contribution in [-0.2, 0) is 19.0 Å². The van der Waals surface area contributed by atoms with Gasteiger partial charge in [0.15, 0.2) is 6.29 Å². The van der Waals surface area contributed by atoms with E-state index in [1.54, 1.807) is 33.1 Å². The lowest BCUT2D eigenvalue weighted by Crippen LogP contribution is -2.30. The molecule has 0 radical (unpaired) electrons. The van der Waals surface area contributed by atoms with Crippen LogP contribution in [0.1, 0.15) is 13.8 Å². The molecule has 8 heteroatoms. The minimum Gasteiger partial charge on any atom is -0.465 e. The molecule has 0 heterocycles. The minimum absolute atomic E-state index is 0.127. The maximum atomic E-state index is 11.9. The van der Waals surface area contributed by atoms with E-state index in [-0.39, 0.29) is 32.7 Å². The van der Waals surface area contributed by atoms with Gasteiger partial charge in [-0.15, -0.1) is 0 Å². The first kappa shape index (κ1) is 23.2. The highest BCUT2D eigenvalue weighted by molar-refractivity contribution is 5.90. The van der Waals surface area contributed by atoms with Crippen molar-refractivity contribution in [1.29, 1.82) is 0 Å². The van der Waals surface area contributed by atoms with Crippen LogP contribution in [0.25, 0.3) is 10.8 Å². The lowest BCUT2D eigenvalue weighted by molar-refractivity contribution is -0.140. The zero-order valence-corrected chi connectivity index (χ0v) is 17.4. The first-order valence-corrected chi connectivity index (χ1v) is 9.49. The Kier molecular flexibility index (Phi) is 9.11. The zero-order chi connectivity index (χ0) is 21.9. The lowest BCUT2D eigenvalue weighted by Gasteiger charge is -2.15. The summed E-state index contributed by atoms with van der Waals surface area (Å²) in [5.74, 6) is 0.635. The highest BCUT2D eigenvalue weighted by atomic mass is 16.7. The highest BCUT2D eigenvalue weighted by Crippen LogP contribution is 2.29. The van der Waals surface area contributed by atoms with Crippen molar-refractivity contribution in [2.24, 2.45) is 0 Å². The number of esters is 1. The molecule has 2 rings (SSSR count). The van der Waals surface area contributed by atoms with E-state index in [4.69, 9.17) is 23.7 Å². The average Bonchev–Trinajstić information content (AvgIpc) is 2.72. The summed E-state index contributed by atoms with van der Waals surface area (Å²) in [7, 11) is 1.57. The third-order valence-corrected chi connectivity index (χ3v) is 3.97. The Hall–Kier alpha value is -3.10. The maximum absolute atomic E-state index is 11.9. The SMILES string of the molecule is C=C(C)C(=O)OCCOCCNC(=O)Oc1ccc2c(OC(C)OC)cccc2c1. The van der Waals surface area contributed by atoms with Gasteiger partial charge in [-0.05, 0) is 43.5 Å². The summed E-state index contributed by atoms with van der Waals surface area (Å²) in [4.78, 5) is 23.1. The van der Waals surface area contributed by atoms with Crippen LogP contribution in [0.2, 0.25) is 0 Å². The summed E-state index contributed by atoms with van der Waals surface area (Å²) in [6, 6.07) is 10.9. The molecule has 0 aliphatic rings. The number of carbonyl (C=O) groups is 2. The molecule has 1 amide bonds. The van der Waals surface area contributed by atoms with E-state index in [2.05, 4.69) is 11.9 Å². The van der Waals surface area contributed by atoms with Crippen molar-refractivity contribution in [2.45, 2.75) is 20.1 Å². The number of hydrogen-bond donors (Lipinski definition) is 1. The number of fused-ring (bicyclic) bond motifs is 1. The van der Waals surface area contributed by atoms with E-state index in [0.717, 1.165) is 10.8 Å². The number of hydrogen-bond acceptors (Lipinski definition) is 7. The molecule has 1 atom stereocenters. The summed E-state index contributed by atoms with van der Waals surface area (Å²) in [5.41, 5.74) is 0.335. The van der Waals surface area contributed by atoms with Crippen LogP contribution in [-0.4, -0.2) is 51.8 Å². The topological polar surface area (TPSA) is 92.3 Å². The Morgan fingerprint density at radius 2 is 1.93 bits per heavy atom. The Morgan fingerprint density at radius 3 is 2.67 bits per heavy atom. The van der Waals surface area contributed by atoms with Gasteiger partial charge < -0.3 is 29.0 Å². The van der Waals surface area contributed by atoms with Crippen LogP contribution in [0.5, 0.6) is 11.5 Å². The number of nitrogens with one attached hydrogen (secondary N) is 1. The van der Waals surface area contributed by atoms with Gasteiger partial charge in [0.2, 0.25) is 0 Å². The third-order valence-electron chi connectivity index (χ3n) is 3.97. The monoisotopic (exact) mass is 417 g/mol. The van der Waals surface area contributed by atoms with E-state index in [1.807, 2.05) is 24.3 Å². The molecular formula is C22H27NO7. The number of amides is 1. The fraction of sp³-hybridized carbons (Fsp3) is 0.364. The minimum atomic E-state index is -0.591. The number of ether oxygens (including phenoxy) is 5. The molecule has 0 bridgehead atoms. The normalized spacial score (nSPS) is 11.6. The van der Waals surface area contributed by atoms with E-state index in [1.165, 1.54) is 0 Å².